The Bertz CT molecular complexity index is 1630. The summed E-state index contributed by atoms with van der Waals surface area (Å²) < 4.78 is 28.5. The fraction of sp³-hybridized carbons (Fsp3) is 0.529. The van der Waals surface area contributed by atoms with Crippen molar-refractivity contribution in [2.24, 2.45) is 23.2 Å². The van der Waals surface area contributed by atoms with Gasteiger partial charge >= 0.3 is 0 Å². The molecule has 4 saturated carbocycles. The van der Waals surface area contributed by atoms with Gasteiger partial charge in [0.05, 0.1) is 11.9 Å². The molecule has 0 radical (unpaired) electrons. The molecule has 10 nitrogen and oxygen atoms in total. The van der Waals surface area contributed by atoms with Gasteiger partial charge in [0.2, 0.25) is 10.0 Å². The first kappa shape index (κ1) is 30.1. The van der Waals surface area contributed by atoms with E-state index in [9.17, 15) is 18.3 Å². The van der Waals surface area contributed by atoms with E-state index in [1.165, 1.54) is 36.6 Å². The van der Waals surface area contributed by atoms with Gasteiger partial charge in [0.15, 0.2) is 11.5 Å². The summed E-state index contributed by atoms with van der Waals surface area (Å²) in [5.41, 5.74) is 4.34. The molecule has 4 bridgehead atoms. The quantitative estimate of drug-likeness (QED) is 0.353. The zero-order valence-corrected chi connectivity index (χ0v) is 26.7. The smallest absolute Gasteiger partial charge is 0.285 e. The molecule has 238 valence electrons. The van der Waals surface area contributed by atoms with E-state index in [1.807, 2.05) is 0 Å². The highest BCUT2D eigenvalue weighted by atomic mass is 32.2. The molecule has 8 rings (SSSR count). The number of benzene rings is 1. The second-order valence-electron chi connectivity index (χ2n) is 13.9. The van der Waals surface area contributed by atoms with Crippen molar-refractivity contribution in [1.82, 2.24) is 24.8 Å². The second-order valence-corrected chi connectivity index (χ2v) is 15.6. The van der Waals surface area contributed by atoms with Crippen molar-refractivity contribution < 1.29 is 18.3 Å². The summed E-state index contributed by atoms with van der Waals surface area (Å²) in [7, 11) is -3.77. The number of carbonyl (C=O) groups excluding carboxylic acids is 1. The lowest BCUT2D eigenvalue weighted by Crippen LogP contribution is -2.51. The number of aromatic hydroxyl groups is 1. The number of aromatic nitrogens is 3. The minimum atomic E-state index is -3.77. The standard InChI is InChI=1S/C34H42N6O4S/c1-2-26-14-27(29-15-30(41)20-35-19-29)3-4-28(26)21-39-7-9-40(10-8-39)32-6-5-31(36-37-32)33(42)38-45(43,44)22-34-16-23-11-24(17-34)13-25(12-23)18-34/h3-6,14-15,19-20,23-25,41H,2,7-13,16-18,21-22H2,1H3,(H,38,42). The molecule has 1 aliphatic heterocycles. The molecule has 3 heterocycles. The van der Waals surface area contributed by atoms with Crippen LogP contribution in [0.2, 0.25) is 0 Å². The number of hydrogen-bond acceptors (Lipinski definition) is 9. The van der Waals surface area contributed by atoms with E-state index in [4.69, 9.17) is 0 Å². The first-order chi connectivity index (χ1) is 21.7. The van der Waals surface area contributed by atoms with Gasteiger partial charge in [-0.1, -0.05) is 25.1 Å². The number of amides is 1. The van der Waals surface area contributed by atoms with Crippen molar-refractivity contribution in [3.63, 3.8) is 0 Å². The summed E-state index contributed by atoms with van der Waals surface area (Å²) in [5, 5.41) is 18.2. The molecule has 1 amide bonds. The molecule has 45 heavy (non-hydrogen) atoms. The molecule has 0 unspecified atom stereocenters. The van der Waals surface area contributed by atoms with E-state index >= 15 is 0 Å². The molecular weight excluding hydrogens is 588 g/mol. The molecule has 11 heteroatoms. The Kier molecular flexibility index (Phi) is 8.02. The Balaban J connectivity index is 0.925. The first-order valence-electron chi connectivity index (χ1n) is 16.3. The summed E-state index contributed by atoms with van der Waals surface area (Å²) in [4.78, 5) is 21.6. The summed E-state index contributed by atoms with van der Waals surface area (Å²) in [6.45, 7) is 6.25. The molecule has 0 atom stereocenters. The van der Waals surface area contributed by atoms with Crippen LogP contribution in [-0.4, -0.2) is 71.4 Å². The third kappa shape index (κ3) is 6.56. The number of hydrogen-bond donors (Lipinski definition) is 2. The van der Waals surface area contributed by atoms with Gasteiger partial charge in [0.1, 0.15) is 5.75 Å². The van der Waals surface area contributed by atoms with Crippen LogP contribution in [0.4, 0.5) is 5.82 Å². The Labute approximate surface area is 265 Å². The van der Waals surface area contributed by atoms with Crippen molar-refractivity contribution in [3.05, 3.63) is 65.6 Å². The highest BCUT2D eigenvalue weighted by molar-refractivity contribution is 7.90. The number of anilines is 1. The third-order valence-corrected chi connectivity index (χ3v) is 12.0. The van der Waals surface area contributed by atoms with Gasteiger partial charge in [-0.25, -0.2) is 13.1 Å². The zero-order valence-electron chi connectivity index (χ0n) is 25.9. The number of pyridine rings is 1. The number of sulfonamides is 1. The van der Waals surface area contributed by atoms with Crippen LogP contribution in [0.5, 0.6) is 5.75 Å². The minimum absolute atomic E-state index is 0.0171. The maximum atomic E-state index is 13.1. The van der Waals surface area contributed by atoms with E-state index in [2.05, 4.69) is 54.8 Å². The van der Waals surface area contributed by atoms with Gasteiger partial charge in [-0.05, 0) is 103 Å². The average Bonchev–Trinajstić information content (AvgIpc) is 3.00. The lowest BCUT2D eigenvalue weighted by atomic mass is 9.50. The van der Waals surface area contributed by atoms with Crippen molar-refractivity contribution >= 4 is 21.7 Å². The Morgan fingerprint density at radius 3 is 2.24 bits per heavy atom. The predicted molar refractivity (Wildman–Crippen MR) is 172 cm³/mol. The molecule has 5 fully saturated rings. The largest absolute Gasteiger partial charge is 0.506 e. The molecule has 5 aliphatic rings. The number of nitrogens with zero attached hydrogens (tertiary/aromatic N) is 5. The Morgan fingerprint density at radius 1 is 0.911 bits per heavy atom. The van der Waals surface area contributed by atoms with Crippen LogP contribution in [0.15, 0.2) is 48.8 Å². The second kappa shape index (κ2) is 12.0. The minimum Gasteiger partial charge on any atom is -0.506 e. The highest BCUT2D eigenvalue weighted by Gasteiger charge is 2.52. The maximum absolute atomic E-state index is 13.1. The molecule has 2 aromatic heterocycles. The summed E-state index contributed by atoms with van der Waals surface area (Å²) in [5.74, 6) is 2.12. The average molecular weight is 631 g/mol. The van der Waals surface area contributed by atoms with Crippen LogP contribution in [-0.2, 0) is 23.0 Å². The molecule has 2 N–H and O–H groups in total. The van der Waals surface area contributed by atoms with Gasteiger partial charge < -0.3 is 10.0 Å². The highest BCUT2D eigenvalue weighted by Crippen LogP contribution is 2.60. The van der Waals surface area contributed by atoms with Crippen LogP contribution in [0.1, 0.15) is 67.1 Å². The molecule has 1 saturated heterocycles. The van der Waals surface area contributed by atoms with Crippen LogP contribution in [0.25, 0.3) is 11.1 Å². The normalized spacial score (nSPS) is 26.2. The van der Waals surface area contributed by atoms with E-state index in [1.54, 1.807) is 24.4 Å². The van der Waals surface area contributed by atoms with E-state index in [-0.39, 0.29) is 22.6 Å². The third-order valence-electron chi connectivity index (χ3n) is 10.5. The number of aryl methyl sites for hydroxylation is 1. The van der Waals surface area contributed by atoms with E-state index < -0.39 is 15.9 Å². The Hall–Kier alpha value is -3.57. The number of piperazine rings is 1. The fourth-order valence-electron chi connectivity index (χ4n) is 8.96. The monoisotopic (exact) mass is 630 g/mol. The van der Waals surface area contributed by atoms with Crippen LogP contribution >= 0.6 is 0 Å². The maximum Gasteiger partial charge on any atom is 0.285 e. The van der Waals surface area contributed by atoms with E-state index in [0.29, 0.717) is 23.6 Å². The van der Waals surface area contributed by atoms with Gasteiger partial charge in [-0.2, -0.15) is 0 Å². The molecule has 4 aliphatic carbocycles. The van der Waals surface area contributed by atoms with Crippen molar-refractivity contribution in [1.29, 1.82) is 0 Å². The number of rotatable bonds is 9. The van der Waals surface area contributed by atoms with Gasteiger partial charge in [0.25, 0.3) is 5.91 Å². The van der Waals surface area contributed by atoms with Gasteiger partial charge in [-0.15, -0.1) is 10.2 Å². The predicted octanol–water partition coefficient (Wildman–Crippen LogP) is 4.40. The lowest BCUT2D eigenvalue weighted by Gasteiger charge is -2.56. The molecule has 3 aromatic rings. The van der Waals surface area contributed by atoms with Crippen molar-refractivity contribution in [2.45, 2.75) is 58.4 Å². The summed E-state index contributed by atoms with van der Waals surface area (Å²) in [6, 6.07) is 11.5. The SMILES string of the molecule is CCc1cc(-c2cncc(O)c2)ccc1CN1CCN(c2ccc(C(=O)NS(=O)(=O)CC34CC5CC(CC(C5)C3)C4)nn2)CC1. The summed E-state index contributed by atoms with van der Waals surface area (Å²) >= 11 is 0. The van der Waals surface area contributed by atoms with E-state index in [0.717, 1.165) is 69.5 Å². The Morgan fingerprint density at radius 2 is 1.62 bits per heavy atom. The van der Waals surface area contributed by atoms with Crippen LogP contribution in [0.3, 0.4) is 0 Å². The van der Waals surface area contributed by atoms with Crippen LogP contribution < -0.4 is 9.62 Å². The first-order valence-corrected chi connectivity index (χ1v) is 17.9. The molecule has 0 spiro atoms. The number of nitrogens with one attached hydrogen (secondary N) is 1. The van der Waals surface area contributed by atoms with Crippen LogP contribution in [0, 0.1) is 23.2 Å². The van der Waals surface area contributed by atoms with Crippen molar-refractivity contribution in [3.8, 4) is 16.9 Å². The number of carbonyl (C=O) groups is 1. The fourth-order valence-corrected chi connectivity index (χ4v) is 10.6. The summed E-state index contributed by atoms with van der Waals surface area (Å²) in [6.07, 6.45) is 10.8. The topological polar surface area (TPSA) is 129 Å². The van der Waals surface area contributed by atoms with Gasteiger partial charge in [0, 0.05) is 44.5 Å². The van der Waals surface area contributed by atoms with Gasteiger partial charge in [-0.3, -0.25) is 14.7 Å². The zero-order chi connectivity index (χ0) is 31.2. The molecule has 1 aromatic carbocycles. The van der Waals surface area contributed by atoms with Crippen molar-refractivity contribution in [2.75, 3.05) is 36.8 Å². The molecular formula is C34H42N6O4S. The lowest BCUT2D eigenvalue weighted by molar-refractivity contribution is -0.0391.